The van der Waals surface area contributed by atoms with Crippen LogP contribution >= 0.6 is 0 Å². The number of nitro groups is 1. The van der Waals surface area contributed by atoms with Gasteiger partial charge in [0.1, 0.15) is 5.57 Å². The number of hydrogen-bond acceptors (Lipinski definition) is 5. The summed E-state index contributed by atoms with van der Waals surface area (Å²) >= 11 is 0. The van der Waals surface area contributed by atoms with Crippen molar-refractivity contribution in [2.24, 2.45) is 0 Å². The molecule has 126 valence electrons. The molecule has 8 nitrogen and oxygen atoms in total. The Hall–Kier alpha value is -3.68. The smallest absolute Gasteiger partial charge is 0.311 e. The zero-order valence-electron chi connectivity index (χ0n) is 13.1. The highest BCUT2D eigenvalue weighted by molar-refractivity contribution is 6.31. The lowest BCUT2D eigenvalue weighted by Gasteiger charge is -2.13. The Labute approximate surface area is 142 Å². The van der Waals surface area contributed by atoms with Crippen molar-refractivity contribution in [2.45, 2.75) is 0 Å². The summed E-state index contributed by atoms with van der Waals surface area (Å²) in [6, 6.07) is 12.9. The molecule has 2 aromatic rings. The minimum atomic E-state index is -0.595. The molecule has 1 fully saturated rings. The van der Waals surface area contributed by atoms with Crippen LogP contribution in [0.4, 0.5) is 11.4 Å². The molecule has 0 spiro atoms. The summed E-state index contributed by atoms with van der Waals surface area (Å²) in [7, 11) is 1.29. The van der Waals surface area contributed by atoms with Gasteiger partial charge in [-0.25, -0.2) is 5.01 Å². The number of benzene rings is 2. The van der Waals surface area contributed by atoms with Crippen LogP contribution in [0.2, 0.25) is 0 Å². The summed E-state index contributed by atoms with van der Waals surface area (Å²) < 4.78 is 5.09. The van der Waals surface area contributed by atoms with Crippen LogP contribution in [0.1, 0.15) is 5.56 Å². The minimum absolute atomic E-state index is 0.0150. The van der Waals surface area contributed by atoms with Crippen LogP contribution in [0, 0.1) is 10.1 Å². The number of amides is 2. The molecule has 1 saturated heterocycles. The summed E-state index contributed by atoms with van der Waals surface area (Å²) in [6.45, 7) is 0. The van der Waals surface area contributed by atoms with E-state index in [-0.39, 0.29) is 22.6 Å². The second-order valence-electron chi connectivity index (χ2n) is 5.13. The number of hydrogen-bond donors (Lipinski definition) is 1. The van der Waals surface area contributed by atoms with Crippen LogP contribution < -0.4 is 15.2 Å². The summed E-state index contributed by atoms with van der Waals surface area (Å²) in [5, 5.41) is 12.2. The first-order valence-electron chi connectivity index (χ1n) is 7.26. The first kappa shape index (κ1) is 16.2. The Bertz CT molecular complexity index is 892. The van der Waals surface area contributed by atoms with Gasteiger partial charge in [-0.15, -0.1) is 0 Å². The van der Waals surface area contributed by atoms with Crippen LogP contribution in [0.5, 0.6) is 5.75 Å². The number of ether oxygens (including phenoxy) is 1. The number of anilines is 1. The number of methoxy groups -OCH3 is 1. The van der Waals surface area contributed by atoms with Crippen molar-refractivity contribution < 1.29 is 19.2 Å². The fourth-order valence-corrected chi connectivity index (χ4v) is 2.49. The maximum absolute atomic E-state index is 12.5. The number of nitrogens with one attached hydrogen (secondary N) is 1. The maximum Gasteiger partial charge on any atom is 0.311 e. The third-order valence-corrected chi connectivity index (χ3v) is 3.63. The van der Waals surface area contributed by atoms with Gasteiger partial charge >= 0.3 is 5.69 Å². The quantitative estimate of drug-likeness (QED) is 0.398. The van der Waals surface area contributed by atoms with Gasteiger partial charge in [0, 0.05) is 11.6 Å². The number of nitrogens with zero attached hydrogens (tertiary/aromatic N) is 2. The number of hydrazine groups is 1. The van der Waals surface area contributed by atoms with Crippen LogP contribution in [0.25, 0.3) is 6.08 Å². The van der Waals surface area contributed by atoms with E-state index in [9.17, 15) is 19.7 Å². The highest BCUT2D eigenvalue weighted by atomic mass is 16.6. The summed E-state index contributed by atoms with van der Waals surface area (Å²) in [5.74, 6) is -1.16. The minimum Gasteiger partial charge on any atom is -0.490 e. The Morgan fingerprint density at radius 3 is 2.48 bits per heavy atom. The lowest BCUT2D eigenvalue weighted by Crippen LogP contribution is -2.35. The van der Waals surface area contributed by atoms with E-state index in [4.69, 9.17) is 4.74 Å². The van der Waals surface area contributed by atoms with Gasteiger partial charge in [0.2, 0.25) is 5.75 Å². The van der Waals surface area contributed by atoms with E-state index in [0.29, 0.717) is 5.69 Å². The van der Waals surface area contributed by atoms with E-state index >= 15 is 0 Å². The van der Waals surface area contributed by atoms with Gasteiger partial charge in [0.15, 0.2) is 0 Å². The zero-order chi connectivity index (χ0) is 18.0. The van der Waals surface area contributed by atoms with E-state index in [1.54, 1.807) is 30.3 Å². The largest absolute Gasteiger partial charge is 0.490 e. The molecule has 2 amide bonds. The molecule has 0 bridgehead atoms. The zero-order valence-corrected chi connectivity index (χ0v) is 13.1. The molecule has 3 rings (SSSR count). The molecule has 0 atom stereocenters. The molecule has 0 aromatic heterocycles. The Morgan fingerprint density at radius 1 is 1.12 bits per heavy atom. The third kappa shape index (κ3) is 2.92. The molecule has 0 radical (unpaired) electrons. The number of carbonyl (C=O) groups excluding carboxylic acids is 2. The fourth-order valence-electron chi connectivity index (χ4n) is 2.49. The van der Waals surface area contributed by atoms with E-state index < -0.39 is 16.7 Å². The summed E-state index contributed by atoms with van der Waals surface area (Å²) in [5.41, 5.74) is 2.86. The molecule has 1 aliphatic rings. The van der Waals surface area contributed by atoms with Crippen molar-refractivity contribution in [1.29, 1.82) is 0 Å². The second kappa shape index (κ2) is 6.44. The number of carbonyl (C=O) groups is 2. The lowest BCUT2D eigenvalue weighted by molar-refractivity contribution is -0.385. The van der Waals surface area contributed by atoms with Crippen LogP contribution in [0.15, 0.2) is 54.1 Å². The average molecular weight is 339 g/mol. The Kier molecular flexibility index (Phi) is 4.17. The second-order valence-corrected chi connectivity index (χ2v) is 5.13. The molecule has 1 N–H and O–H groups in total. The summed E-state index contributed by atoms with van der Waals surface area (Å²) in [6.07, 6.45) is 1.28. The first-order chi connectivity index (χ1) is 12.0. The Morgan fingerprint density at radius 2 is 1.84 bits per heavy atom. The lowest BCUT2D eigenvalue weighted by atomic mass is 10.1. The molecular weight excluding hydrogens is 326 g/mol. The Balaban J connectivity index is 2.02. The predicted molar refractivity (Wildman–Crippen MR) is 89.7 cm³/mol. The molecule has 1 aliphatic heterocycles. The molecule has 1 heterocycles. The molecule has 0 saturated carbocycles. The number of rotatable bonds is 4. The predicted octanol–water partition coefficient (Wildman–Crippen LogP) is 2.06. The van der Waals surface area contributed by atoms with Crippen molar-refractivity contribution in [2.75, 3.05) is 12.1 Å². The van der Waals surface area contributed by atoms with Crippen molar-refractivity contribution in [3.05, 3.63) is 69.8 Å². The standard InChI is InChI=1S/C17H13N3O5/c1-25-15-11(6-5-9-14(15)20(23)24)10-13-16(21)18-19(17(13)22)12-7-3-2-4-8-12/h2-10H,1H3,(H,18,21)/b13-10-. The topological polar surface area (TPSA) is 102 Å². The van der Waals surface area contributed by atoms with Gasteiger partial charge in [0.05, 0.1) is 17.7 Å². The fraction of sp³-hybridized carbons (Fsp3) is 0.0588. The van der Waals surface area contributed by atoms with Crippen molar-refractivity contribution in [3.63, 3.8) is 0 Å². The SMILES string of the molecule is COc1c(/C=C2/C(=O)NN(c3ccccc3)C2=O)cccc1[N+](=O)[O-]. The molecule has 0 unspecified atom stereocenters. The van der Waals surface area contributed by atoms with Gasteiger partial charge in [-0.05, 0) is 18.2 Å². The van der Waals surface area contributed by atoms with Crippen LogP contribution in [-0.4, -0.2) is 23.8 Å². The van der Waals surface area contributed by atoms with Crippen molar-refractivity contribution in [3.8, 4) is 5.75 Å². The molecular formula is C17H13N3O5. The van der Waals surface area contributed by atoms with E-state index in [0.717, 1.165) is 5.01 Å². The van der Waals surface area contributed by atoms with Gasteiger partial charge in [-0.2, -0.15) is 0 Å². The normalized spacial score (nSPS) is 15.4. The highest BCUT2D eigenvalue weighted by Crippen LogP contribution is 2.33. The van der Waals surface area contributed by atoms with Gasteiger partial charge in [-0.3, -0.25) is 25.1 Å². The van der Waals surface area contributed by atoms with Crippen LogP contribution in [-0.2, 0) is 9.59 Å². The monoisotopic (exact) mass is 339 g/mol. The molecule has 0 aliphatic carbocycles. The van der Waals surface area contributed by atoms with Gasteiger partial charge in [-0.1, -0.05) is 30.3 Å². The van der Waals surface area contributed by atoms with E-state index in [1.165, 1.54) is 31.4 Å². The third-order valence-electron chi connectivity index (χ3n) is 3.63. The highest BCUT2D eigenvalue weighted by Gasteiger charge is 2.34. The molecule has 25 heavy (non-hydrogen) atoms. The van der Waals surface area contributed by atoms with Crippen LogP contribution in [0.3, 0.4) is 0 Å². The van der Waals surface area contributed by atoms with Crippen molar-refractivity contribution >= 4 is 29.3 Å². The summed E-state index contributed by atoms with van der Waals surface area (Å²) in [4.78, 5) is 35.2. The average Bonchev–Trinajstić information content (AvgIpc) is 2.90. The number of para-hydroxylation sites is 2. The van der Waals surface area contributed by atoms with E-state index in [2.05, 4.69) is 5.43 Å². The maximum atomic E-state index is 12.5. The van der Waals surface area contributed by atoms with Gasteiger partial charge in [0.25, 0.3) is 11.8 Å². The molecule has 2 aromatic carbocycles. The molecule has 8 heteroatoms. The van der Waals surface area contributed by atoms with Crippen molar-refractivity contribution in [1.82, 2.24) is 5.43 Å². The first-order valence-corrected chi connectivity index (χ1v) is 7.26. The van der Waals surface area contributed by atoms with E-state index in [1.807, 2.05) is 0 Å². The number of nitro benzene ring substituents is 1. The van der Waals surface area contributed by atoms with Gasteiger partial charge < -0.3 is 4.74 Å².